The van der Waals surface area contributed by atoms with Crippen molar-refractivity contribution in [2.24, 2.45) is 17.8 Å². The van der Waals surface area contributed by atoms with Gasteiger partial charge in [0, 0.05) is 25.8 Å². The normalized spacial score (nSPS) is 27.6. The molecule has 0 spiro atoms. The Morgan fingerprint density at radius 3 is 2.35 bits per heavy atom. The van der Waals surface area contributed by atoms with E-state index < -0.39 is 71.8 Å². The summed E-state index contributed by atoms with van der Waals surface area (Å²) >= 11 is 6.44. The molecule has 1 aromatic carbocycles. The molecule has 15 heteroatoms. The predicted molar refractivity (Wildman–Crippen MR) is 217 cm³/mol. The van der Waals surface area contributed by atoms with Crippen LogP contribution in [0.15, 0.2) is 54.2 Å². The Morgan fingerprint density at radius 2 is 1.73 bits per heavy atom. The fourth-order valence-electron chi connectivity index (χ4n) is 6.35. The van der Waals surface area contributed by atoms with Crippen LogP contribution in [0.1, 0.15) is 84.3 Å². The third-order valence-corrected chi connectivity index (χ3v) is 9.79. The molecule has 304 valence electrons. The maximum absolute atomic E-state index is 14.2. The number of thiol groups is 2. The van der Waals surface area contributed by atoms with Gasteiger partial charge in [0.15, 0.2) is 0 Å². The summed E-state index contributed by atoms with van der Waals surface area (Å²) in [6.45, 7) is 10.3. The number of fused-ring (bicyclic) bond motifs is 2. The predicted octanol–water partition coefficient (Wildman–Crippen LogP) is 4.07. The van der Waals surface area contributed by atoms with Crippen molar-refractivity contribution in [2.75, 3.05) is 6.54 Å². The average molecular weight is 803 g/mol. The van der Waals surface area contributed by atoms with E-state index >= 15 is 0 Å². The Bertz CT molecular complexity index is 1580. The van der Waals surface area contributed by atoms with Crippen molar-refractivity contribution < 1.29 is 43.7 Å². The molecule has 55 heavy (non-hydrogen) atoms. The van der Waals surface area contributed by atoms with Crippen molar-refractivity contribution >= 4 is 59.1 Å². The van der Waals surface area contributed by atoms with Gasteiger partial charge in [-0.15, -0.1) is 23.3 Å². The SMILES string of the molecule is CC(=O)CCC1C(=O)NC(C(C)C)C(=O)NC(Cc2ccc(C)c(O)c2)C(=O)N2CCCC(N2)C(=O)O[C@H](/C(C)=C/C=O)C/C=C/C=C/CC(C)C1O.SS. The van der Waals surface area contributed by atoms with Crippen molar-refractivity contribution in [3.05, 3.63) is 65.3 Å². The number of nitrogens with zero attached hydrogens (tertiary/aromatic N) is 1. The van der Waals surface area contributed by atoms with Crippen LogP contribution >= 0.6 is 23.3 Å². The first-order chi connectivity index (χ1) is 26.1. The minimum absolute atomic E-state index is 0.0143. The lowest BCUT2D eigenvalue weighted by atomic mass is 9.85. The standard InChI is InChI=1S/C40H56N4O9.H2S2/c1-24(2)35-38(50)41-32(22-29-17-15-25(3)33(47)23-29)39(51)44-20-11-13-31(43-44)40(52)53-34(26(4)19-21-45)14-10-8-7-9-12-27(5)36(48)30(37(49)42-35)18-16-28(6)46;1-2/h7-10,15,17,19,21,23-24,27,30-32,34-36,43,47-48H,11-14,16,18,20,22H2,1-6H3,(H,41,50)(H,42,49);1-2H/b9-7+,10-8+,26-19+;/t27?,30?,31?,32?,34-,35?,36?;/m0./s1. The molecule has 0 aromatic heterocycles. The lowest BCUT2D eigenvalue weighted by Gasteiger charge is -2.36. The van der Waals surface area contributed by atoms with Gasteiger partial charge in [0.05, 0.1) is 12.0 Å². The number of allylic oxidation sites excluding steroid dienone is 4. The molecule has 2 aliphatic heterocycles. The van der Waals surface area contributed by atoms with Crippen LogP contribution in [0.3, 0.4) is 0 Å². The molecule has 1 saturated heterocycles. The number of ether oxygens (including phenoxy) is 1. The monoisotopic (exact) mass is 802 g/mol. The van der Waals surface area contributed by atoms with Crippen molar-refractivity contribution in [1.29, 1.82) is 0 Å². The second-order valence-corrected chi connectivity index (χ2v) is 14.5. The Morgan fingerprint density at radius 1 is 1.05 bits per heavy atom. The molecule has 3 amide bonds. The van der Waals surface area contributed by atoms with Crippen molar-refractivity contribution in [2.45, 2.75) is 117 Å². The molecule has 0 aliphatic carbocycles. The van der Waals surface area contributed by atoms with Gasteiger partial charge in [-0.2, -0.15) is 0 Å². The summed E-state index contributed by atoms with van der Waals surface area (Å²) in [5.41, 5.74) is 4.71. The van der Waals surface area contributed by atoms with Gasteiger partial charge in [0.25, 0.3) is 5.91 Å². The van der Waals surface area contributed by atoms with E-state index in [2.05, 4.69) is 39.4 Å². The summed E-state index contributed by atoms with van der Waals surface area (Å²) in [6.07, 6.45) is 8.85. The lowest BCUT2D eigenvalue weighted by molar-refractivity contribution is -0.156. The number of nitrogens with one attached hydrogen (secondary N) is 3. The fourth-order valence-corrected chi connectivity index (χ4v) is 6.35. The van der Waals surface area contributed by atoms with E-state index in [1.165, 1.54) is 24.1 Å². The molecule has 6 unspecified atom stereocenters. The van der Waals surface area contributed by atoms with Gasteiger partial charge in [-0.05, 0) is 87.1 Å². The van der Waals surface area contributed by atoms with Crippen LogP contribution in [0.2, 0.25) is 0 Å². The van der Waals surface area contributed by atoms with Crippen LogP contribution in [0.5, 0.6) is 5.75 Å². The zero-order chi connectivity index (χ0) is 41.2. The zero-order valence-corrected chi connectivity index (χ0v) is 34.4. The summed E-state index contributed by atoms with van der Waals surface area (Å²) in [5, 5.41) is 28.7. The number of cyclic esters (lactones) is 1. The Hall–Kier alpha value is -3.92. The number of carbonyl (C=O) groups excluding carboxylic acids is 6. The number of carbonyl (C=O) groups is 6. The largest absolute Gasteiger partial charge is 0.508 e. The zero-order valence-electron chi connectivity index (χ0n) is 32.6. The highest BCUT2D eigenvalue weighted by Gasteiger charge is 2.37. The van der Waals surface area contributed by atoms with Crippen LogP contribution in [-0.2, 0) is 39.9 Å². The number of aldehydes is 1. The quantitative estimate of drug-likeness (QED) is 0.0664. The topological polar surface area (TPSA) is 191 Å². The van der Waals surface area contributed by atoms with E-state index in [4.69, 9.17) is 4.74 Å². The summed E-state index contributed by atoms with van der Waals surface area (Å²) in [6, 6.07) is 1.79. The molecule has 2 bridgehead atoms. The van der Waals surface area contributed by atoms with E-state index in [9.17, 15) is 39.0 Å². The average Bonchev–Trinajstić information content (AvgIpc) is 3.15. The Kier molecular flexibility index (Phi) is 20.5. The number of rotatable bonds is 8. The van der Waals surface area contributed by atoms with Crippen molar-refractivity contribution in [3.63, 3.8) is 0 Å². The van der Waals surface area contributed by atoms with Crippen LogP contribution in [0, 0.1) is 24.7 Å². The second kappa shape index (κ2) is 23.9. The number of aryl methyl sites for hydroxylation is 1. The third kappa shape index (κ3) is 14.9. The number of esters is 1. The number of ketones is 1. The number of phenols is 1. The molecule has 1 fully saturated rings. The summed E-state index contributed by atoms with van der Waals surface area (Å²) in [7, 11) is 0. The molecule has 2 heterocycles. The number of phenolic OH excluding ortho intramolecular Hbond substituents is 1. The number of amides is 3. The minimum Gasteiger partial charge on any atom is -0.508 e. The Labute approximate surface area is 335 Å². The second-order valence-electron chi connectivity index (χ2n) is 14.5. The number of aliphatic hydroxyl groups is 1. The van der Waals surface area contributed by atoms with Crippen LogP contribution < -0.4 is 16.1 Å². The number of hydrogen-bond donors (Lipinski definition) is 7. The highest BCUT2D eigenvalue weighted by atomic mass is 33.1. The van der Waals surface area contributed by atoms with E-state index in [0.29, 0.717) is 42.2 Å². The number of Topliss-reactive ketones (excluding diaryl/α,β-unsaturated/α-hetero) is 1. The number of hydrogen-bond acceptors (Lipinski definition) is 12. The van der Waals surface area contributed by atoms with Gasteiger partial charge < -0.3 is 30.4 Å². The molecule has 5 N–H and O–H groups in total. The van der Waals surface area contributed by atoms with E-state index in [-0.39, 0.29) is 43.8 Å². The van der Waals surface area contributed by atoms with Gasteiger partial charge >= 0.3 is 5.97 Å². The highest BCUT2D eigenvalue weighted by Crippen LogP contribution is 2.24. The van der Waals surface area contributed by atoms with Gasteiger partial charge in [-0.1, -0.05) is 57.2 Å². The van der Waals surface area contributed by atoms with Crippen molar-refractivity contribution in [3.8, 4) is 5.75 Å². The minimum atomic E-state index is -1.18. The van der Waals surface area contributed by atoms with Gasteiger partial charge in [-0.25, -0.2) is 5.43 Å². The summed E-state index contributed by atoms with van der Waals surface area (Å²) in [5.74, 6) is -4.31. The number of aliphatic hydroxyl groups excluding tert-OH is 1. The summed E-state index contributed by atoms with van der Waals surface area (Å²) in [4.78, 5) is 78.7. The van der Waals surface area contributed by atoms with Crippen molar-refractivity contribution in [1.82, 2.24) is 21.1 Å². The number of hydrazine groups is 1. The number of aromatic hydroxyl groups is 1. The first-order valence-electron chi connectivity index (χ1n) is 18.6. The number of benzene rings is 1. The molecular weight excluding hydrogens is 745 g/mol. The maximum Gasteiger partial charge on any atom is 0.325 e. The molecule has 1 aromatic rings. The van der Waals surface area contributed by atoms with Crippen LogP contribution in [0.25, 0.3) is 0 Å². The fraction of sp³-hybridized carbons (Fsp3) is 0.550. The molecule has 13 nitrogen and oxygen atoms in total. The first kappa shape index (κ1) is 47.2. The molecule has 0 radical (unpaired) electrons. The maximum atomic E-state index is 14.2. The molecule has 0 saturated carbocycles. The van der Waals surface area contributed by atoms with Gasteiger partial charge in [0.1, 0.15) is 42.0 Å². The molecular formula is C40H58N4O9S2. The smallest absolute Gasteiger partial charge is 0.325 e. The first-order valence-corrected chi connectivity index (χ1v) is 20.2. The summed E-state index contributed by atoms with van der Waals surface area (Å²) < 4.78 is 5.86. The Balaban J connectivity index is 0.00000514. The highest BCUT2D eigenvalue weighted by molar-refractivity contribution is 8.59. The van der Waals surface area contributed by atoms with Gasteiger partial charge in [-0.3, -0.25) is 29.0 Å². The van der Waals surface area contributed by atoms with E-state index in [1.54, 1.807) is 65.0 Å². The van der Waals surface area contributed by atoms with E-state index in [1.807, 2.05) is 6.08 Å². The van der Waals surface area contributed by atoms with Crippen LogP contribution in [0.4, 0.5) is 0 Å². The van der Waals surface area contributed by atoms with Gasteiger partial charge in [0.2, 0.25) is 11.8 Å². The molecule has 2 aliphatic rings. The lowest BCUT2D eigenvalue weighted by Crippen LogP contribution is -2.62. The third-order valence-electron chi connectivity index (χ3n) is 9.79. The molecule has 3 rings (SSSR count). The molecule has 7 atom stereocenters. The van der Waals surface area contributed by atoms with E-state index in [0.717, 1.165) is 0 Å². The van der Waals surface area contributed by atoms with Crippen LogP contribution in [-0.4, -0.2) is 87.9 Å².